The number of hydrogen-bond donors (Lipinski definition) is 2. The summed E-state index contributed by atoms with van der Waals surface area (Å²) in [5, 5.41) is 5.48. The van der Waals surface area contributed by atoms with Gasteiger partial charge in [-0.05, 0) is 29.8 Å². The molecule has 0 aliphatic rings. The van der Waals surface area contributed by atoms with Crippen LogP contribution in [-0.2, 0) is 6.42 Å². The number of pyridine rings is 2. The monoisotopic (exact) mass is 388 g/mol. The van der Waals surface area contributed by atoms with Crippen molar-refractivity contribution in [3.05, 3.63) is 95.1 Å². The highest BCUT2D eigenvalue weighted by Gasteiger charge is 2.18. The van der Waals surface area contributed by atoms with Gasteiger partial charge in [-0.3, -0.25) is 14.6 Å². The molecule has 1 aromatic carbocycles. The van der Waals surface area contributed by atoms with Gasteiger partial charge in [0.25, 0.3) is 11.8 Å². The van der Waals surface area contributed by atoms with E-state index in [2.05, 4.69) is 20.6 Å². The van der Waals surface area contributed by atoms with Gasteiger partial charge in [0.2, 0.25) is 0 Å². The van der Waals surface area contributed by atoms with Crippen LogP contribution in [0, 0.1) is 0 Å². The van der Waals surface area contributed by atoms with E-state index in [0.29, 0.717) is 24.2 Å². The van der Waals surface area contributed by atoms with Gasteiger partial charge in [0, 0.05) is 49.1 Å². The SMILES string of the molecule is CNC(=O)c1cc(C(=O)NCCc2ccccn2)cc(C(C)c2ccccc2)n1. The number of carbonyl (C=O) groups is 2. The molecule has 0 aliphatic carbocycles. The number of carbonyl (C=O) groups excluding carboxylic acids is 2. The fraction of sp³-hybridized carbons (Fsp3) is 0.217. The van der Waals surface area contributed by atoms with Crippen molar-refractivity contribution in [3.63, 3.8) is 0 Å². The summed E-state index contributed by atoms with van der Waals surface area (Å²) in [6, 6.07) is 18.8. The van der Waals surface area contributed by atoms with E-state index in [4.69, 9.17) is 0 Å². The molecule has 148 valence electrons. The minimum absolute atomic E-state index is 0.0547. The van der Waals surface area contributed by atoms with Gasteiger partial charge in [-0.15, -0.1) is 0 Å². The average molecular weight is 388 g/mol. The fourth-order valence-electron chi connectivity index (χ4n) is 3.01. The summed E-state index contributed by atoms with van der Waals surface area (Å²) in [4.78, 5) is 33.6. The van der Waals surface area contributed by atoms with Gasteiger partial charge in [-0.25, -0.2) is 4.98 Å². The van der Waals surface area contributed by atoms with Gasteiger partial charge in [0.1, 0.15) is 5.69 Å². The van der Waals surface area contributed by atoms with Gasteiger partial charge in [0.15, 0.2) is 0 Å². The average Bonchev–Trinajstić information content (AvgIpc) is 2.79. The van der Waals surface area contributed by atoms with Crippen LogP contribution in [-0.4, -0.2) is 35.4 Å². The van der Waals surface area contributed by atoms with Crippen LogP contribution in [0.25, 0.3) is 0 Å². The molecule has 0 aliphatic heterocycles. The molecule has 0 bridgehead atoms. The lowest BCUT2D eigenvalue weighted by molar-refractivity contribution is 0.0954. The molecule has 1 atom stereocenters. The van der Waals surface area contributed by atoms with E-state index in [1.165, 1.54) is 6.07 Å². The fourth-order valence-corrected chi connectivity index (χ4v) is 3.01. The summed E-state index contributed by atoms with van der Waals surface area (Å²) < 4.78 is 0. The topological polar surface area (TPSA) is 84.0 Å². The summed E-state index contributed by atoms with van der Waals surface area (Å²) in [5.41, 5.74) is 3.29. The lowest BCUT2D eigenvalue weighted by Crippen LogP contribution is -2.27. The number of rotatable bonds is 7. The molecule has 2 N–H and O–H groups in total. The second-order valence-corrected chi connectivity index (χ2v) is 6.70. The van der Waals surface area contributed by atoms with Gasteiger partial charge in [0.05, 0.1) is 0 Å². The third-order valence-electron chi connectivity index (χ3n) is 4.70. The first kappa shape index (κ1) is 20.2. The normalized spacial score (nSPS) is 11.5. The molecule has 3 rings (SSSR count). The molecule has 3 aromatic rings. The molecule has 29 heavy (non-hydrogen) atoms. The van der Waals surface area contributed by atoms with Crippen LogP contribution in [0.5, 0.6) is 0 Å². The van der Waals surface area contributed by atoms with Crippen LogP contribution in [0.3, 0.4) is 0 Å². The van der Waals surface area contributed by atoms with E-state index in [1.807, 2.05) is 55.5 Å². The third-order valence-corrected chi connectivity index (χ3v) is 4.70. The van der Waals surface area contributed by atoms with Crippen LogP contribution in [0.4, 0.5) is 0 Å². The standard InChI is InChI=1S/C23H24N4O2/c1-16(17-8-4-3-5-9-17)20-14-18(15-21(27-20)23(29)24-2)22(28)26-13-11-19-10-6-7-12-25-19/h3-10,12,14-16H,11,13H2,1-2H3,(H,24,29)(H,26,28). The number of aromatic nitrogens is 2. The third kappa shape index (κ3) is 5.25. The Morgan fingerprint density at radius 2 is 1.76 bits per heavy atom. The second kappa shape index (κ2) is 9.59. The Bertz CT molecular complexity index is 975. The van der Waals surface area contributed by atoms with E-state index < -0.39 is 0 Å². The molecule has 6 heteroatoms. The predicted molar refractivity (Wildman–Crippen MR) is 112 cm³/mol. The minimum atomic E-state index is -0.324. The van der Waals surface area contributed by atoms with Gasteiger partial charge >= 0.3 is 0 Å². The Balaban J connectivity index is 1.81. The van der Waals surface area contributed by atoms with Crippen molar-refractivity contribution < 1.29 is 9.59 Å². The van der Waals surface area contributed by atoms with E-state index in [0.717, 1.165) is 11.3 Å². The van der Waals surface area contributed by atoms with E-state index >= 15 is 0 Å². The van der Waals surface area contributed by atoms with Crippen LogP contribution >= 0.6 is 0 Å². The highest BCUT2D eigenvalue weighted by atomic mass is 16.2. The van der Waals surface area contributed by atoms with Crippen molar-refractivity contribution in [2.24, 2.45) is 0 Å². The quantitative estimate of drug-likeness (QED) is 0.652. The molecule has 0 spiro atoms. The summed E-state index contributed by atoms with van der Waals surface area (Å²) in [6.45, 7) is 2.46. The van der Waals surface area contributed by atoms with Crippen molar-refractivity contribution in [1.82, 2.24) is 20.6 Å². The first-order valence-corrected chi connectivity index (χ1v) is 9.55. The maximum Gasteiger partial charge on any atom is 0.269 e. The Kier molecular flexibility index (Phi) is 6.68. The van der Waals surface area contributed by atoms with E-state index in [1.54, 1.807) is 19.3 Å². The molecule has 2 heterocycles. The summed E-state index contributed by atoms with van der Waals surface area (Å²) >= 11 is 0. The molecular weight excluding hydrogens is 364 g/mol. The highest BCUT2D eigenvalue weighted by molar-refractivity contribution is 5.98. The Labute approximate surface area is 170 Å². The predicted octanol–water partition coefficient (Wildman–Crippen LogP) is 2.96. The molecule has 0 radical (unpaired) electrons. The van der Waals surface area contributed by atoms with E-state index in [9.17, 15) is 9.59 Å². The number of nitrogens with one attached hydrogen (secondary N) is 2. The van der Waals surface area contributed by atoms with Gasteiger partial charge in [-0.2, -0.15) is 0 Å². The van der Waals surface area contributed by atoms with Crippen LogP contribution < -0.4 is 10.6 Å². The van der Waals surface area contributed by atoms with Gasteiger partial charge in [-0.1, -0.05) is 43.3 Å². The molecule has 0 saturated carbocycles. The van der Waals surface area contributed by atoms with E-state index in [-0.39, 0.29) is 23.4 Å². The maximum absolute atomic E-state index is 12.7. The summed E-state index contributed by atoms with van der Waals surface area (Å²) in [6.07, 6.45) is 2.36. The van der Waals surface area contributed by atoms with Crippen molar-refractivity contribution in [2.75, 3.05) is 13.6 Å². The molecule has 2 amide bonds. The number of benzene rings is 1. The number of nitrogens with zero attached hydrogens (tertiary/aromatic N) is 2. The zero-order valence-electron chi connectivity index (χ0n) is 16.6. The first-order chi connectivity index (χ1) is 14.1. The number of amides is 2. The minimum Gasteiger partial charge on any atom is -0.354 e. The van der Waals surface area contributed by atoms with Gasteiger partial charge < -0.3 is 10.6 Å². The van der Waals surface area contributed by atoms with Crippen molar-refractivity contribution >= 4 is 11.8 Å². The zero-order chi connectivity index (χ0) is 20.6. The first-order valence-electron chi connectivity index (χ1n) is 9.55. The molecule has 6 nitrogen and oxygen atoms in total. The maximum atomic E-state index is 12.7. The Morgan fingerprint density at radius 1 is 1.00 bits per heavy atom. The lowest BCUT2D eigenvalue weighted by atomic mass is 9.96. The summed E-state index contributed by atoms with van der Waals surface area (Å²) in [5.74, 6) is -0.620. The largest absolute Gasteiger partial charge is 0.354 e. The van der Waals surface area contributed by atoms with Crippen LogP contribution in [0.15, 0.2) is 66.9 Å². The van der Waals surface area contributed by atoms with Crippen molar-refractivity contribution in [1.29, 1.82) is 0 Å². The second-order valence-electron chi connectivity index (χ2n) is 6.70. The number of hydrogen-bond acceptors (Lipinski definition) is 4. The molecule has 1 unspecified atom stereocenters. The van der Waals surface area contributed by atoms with Crippen molar-refractivity contribution in [2.45, 2.75) is 19.3 Å². The smallest absolute Gasteiger partial charge is 0.269 e. The molecule has 0 saturated heterocycles. The van der Waals surface area contributed by atoms with Crippen molar-refractivity contribution in [3.8, 4) is 0 Å². The highest BCUT2D eigenvalue weighted by Crippen LogP contribution is 2.23. The molecule has 2 aromatic heterocycles. The molecule has 0 fully saturated rings. The Morgan fingerprint density at radius 3 is 2.45 bits per heavy atom. The van der Waals surface area contributed by atoms with Crippen LogP contribution in [0.2, 0.25) is 0 Å². The zero-order valence-corrected chi connectivity index (χ0v) is 16.6. The Hall–Kier alpha value is -3.54. The van der Waals surface area contributed by atoms with Crippen LogP contribution in [0.1, 0.15) is 50.6 Å². The molecular formula is C23H24N4O2. The summed E-state index contributed by atoms with van der Waals surface area (Å²) in [7, 11) is 1.55. The lowest BCUT2D eigenvalue weighted by Gasteiger charge is -2.14.